The molecule has 2 heterocycles. The second-order valence-corrected chi connectivity index (χ2v) is 3.51. The predicted octanol–water partition coefficient (Wildman–Crippen LogP) is -0.00430. The standard InChI is InChI=1S/C9H15N3O2/c1-14-8-6-12(5-3-7(8)13)9-2-4-10-11-9/h2,4,7-8,13H,3,5-6H2,1H3,(H,10,11)/t7?,8-/m1/s1. The van der Waals surface area contributed by atoms with Gasteiger partial charge in [0.25, 0.3) is 0 Å². The first-order valence-electron chi connectivity index (χ1n) is 4.77. The van der Waals surface area contributed by atoms with Gasteiger partial charge in [-0.05, 0) is 6.42 Å². The fourth-order valence-electron chi connectivity index (χ4n) is 1.77. The van der Waals surface area contributed by atoms with E-state index in [9.17, 15) is 5.11 Å². The van der Waals surface area contributed by atoms with Gasteiger partial charge in [0, 0.05) is 32.5 Å². The topological polar surface area (TPSA) is 61.4 Å². The number of nitrogens with zero attached hydrogens (tertiary/aromatic N) is 2. The molecule has 5 nitrogen and oxygen atoms in total. The Hall–Kier alpha value is -1.07. The van der Waals surface area contributed by atoms with Crippen molar-refractivity contribution in [1.29, 1.82) is 0 Å². The third-order valence-corrected chi connectivity index (χ3v) is 2.64. The largest absolute Gasteiger partial charge is 0.390 e. The molecule has 1 fully saturated rings. The molecule has 1 aromatic heterocycles. The average Bonchev–Trinajstić information content (AvgIpc) is 2.71. The second-order valence-electron chi connectivity index (χ2n) is 3.51. The first-order valence-corrected chi connectivity index (χ1v) is 4.77. The highest BCUT2D eigenvalue weighted by molar-refractivity contribution is 5.37. The lowest BCUT2D eigenvalue weighted by Crippen LogP contribution is -2.47. The van der Waals surface area contributed by atoms with Crippen LogP contribution in [0.1, 0.15) is 6.42 Å². The normalized spacial score (nSPS) is 28.0. The summed E-state index contributed by atoms with van der Waals surface area (Å²) in [6, 6.07) is 1.92. The lowest BCUT2D eigenvalue weighted by atomic mass is 10.1. The van der Waals surface area contributed by atoms with Crippen LogP contribution in [-0.4, -0.2) is 47.7 Å². The van der Waals surface area contributed by atoms with Gasteiger partial charge in [0.15, 0.2) is 0 Å². The smallest absolute Gasteiger partial charge is 0.150 e. The van der Waals surface area contributed by atoms with Gasteiger partial charge in [-0.3, -0.25) is 5.10 Å². The number of ether oxygens (including phenoxy) is 1. The molecule has 14 heavy (non-hydrogen) atoms. The molecule has 0 spiro atoms. The zero-order valence-corrected chi connectivity index (χ0v) is 8.18. The molecule has 1 aromatic rings. The highest BCUT2D eigenvalue weighted by Gasteiger charge is 2.28. The van der Waals surface area contributed by atoms with Crippen LogP contribution in [-0.2, 0) is 4.74 Å². The van der Waals surface area contributed by atoms with E-state index in [2.05, 4.69) is 15.1 Å². The Balaban J connectivity index is 2.03. The molecular weight excluding hydrogens is 182 g/mol. The number of hydrogen-bond donors (Lipinski definition) is 2. The molecule has 0 amide bonds. The number of nitrogens with one attached hydrogen (secondary N) is 1. The van der Waals surface area contributed by atoms with Gasteiger partial charge in [-0.2, -0.15) is 5.10 Å². The van der Waals surface area contributed by atoms with Gasteiger partial charge in [0.2, 0.25) is 0 Å². The van der Waals surface area contributed by atoms with Crippen LogP contribution in [0.3, 0.4) is 0 Å². The Labute approximate surface area is 82.7 Å². The van der Waals surface area contributed by atoms with Crippen LogP contribution < -0.4 is 4.90 Å². The van der Waals surface area contributed by atoms with Crippen molar-refractivity contribution in [3.63, 3.8) is 0 Å². The summed E-state index contributed by atoms with van der Waals surface area (Å²) in [7, 11) is 1.63. The van der Waals surface area contributed by atoms with Gasteiger partial charge >= 0.3 is 0 Å². The summed E-state index contributed by atoms with van der Waals surface area (Å²) >= 11 is 0. The quantitative estimate of drug-likeness (QED) is 0.700. The van der Waals surface area contributed by atoms with E-state index in [0.717, 1.165) is 18.8 Å². The van der Waals surface area contributed by atoms with Gasteiger partial charge < -0.3 is 14.7 Å². The minimum Gasteiger partial charge on any atom is -0.390 e. The molecule has 1 aliphatic rings. The lowest BCUT2D eigenvalue weighted by Gasteiger charge is -2.35. The first kappa shape index (κ1) is 9.48. The summed E-state index contributed by atoms with van der Waals surface area (Å²) in [5.41, 5.74) is 0. The summed E-state index contributed by atoms with van der Waals surface area (Å²) in [6.45, 7) is 1.52. The zero-order chi connectivity index (χ0) is 9.97. The van der Waals surface area contributed by atoms with Crippen molar-refractivity contribution in [2.75, 3.05) is 25.1 Å². The lowest BCUT2D eigenvalue weighted by molar-refractivity contribution is -0.0207. The number of aliphatic hydroxyl groups is 1. The van der Waals surface area contributed by atoms with Gasteiger partial charge in [-0.1, -0.05) is 0 Å². The fraction of sp³-hybridized carbons (Fsp3) is 0.667. The molecular formula is C9H15N3O2. The number of H-pyrrole nitrogens is 1. The Morgan fingerprint density at radius 2 is 2.57 bits per heavy atom. The molecule has 0 aromatic carbocycles. The van der Waals surface area contributed by atoms with Gasteiger partial charge in [-0.15, -0.1) is 0 Å². The molecule has 0 saturated carbocycles. The van der Waals surface area contributed by atoms with Crippen molar-refractivity contribution in [2.45, 2.75) is 18.6 Å². The zero-order valence-electron chi connectivity index (χ0n) is 8.18. The summed E-state index contributed by atoms with van der Waals surface area (Å²) in [5.74, 6) is 0.916. The molecule has 0 bridgehead atoms. The predicted molar refractivity (Wildman–Crippen MR) is 52.2 cm³/mol. The number of piperidine rings is 1. The monoisotopic (exact) mass is 197 g/mol. The van der Waals surface area contributed by atoms with Gasteiger partial charge in [0.05, 0.1) is 6.10 Å². The van der Waals surface area contributed by atoms with Crippen LogP contribution in [0.15, 0.2) is 12.3 Å². The van der Waals surface area contributed by atoms with E-state index in [1.807, 2.05) is 6.07 Å². The van der Waals surface area contributed by atoms with Crippen molar-refractivity contribution in [2.24, 2.45) is 0 Å². The maximum absolute atomic E-state index is 9.60. The summed E-state index contributed by atoms with van der Waals surface area (Å²) in [5, 5.41) is 16.5. The average molecular weight is 197 g/mol. The highest BCUT2D eigenvalue weighted by Crippen LogP contribution is 2.18. The SMILES string of the molecule is CO[C@@H]1CN(c2cc[nH]n2)CCC1O. The van der Waals surface area contributed by atoms with Crippen LogP contribution in [0, 0.1) is 0 Å². The van der Waals surface area contributed by atoms with E-state index in [-0.39, 0.29) is 12.2 Å². The molecule has 2 atom stereocenters. The fourth-order valence-corrected chi connectivity index (χ4v) is 1.77. The number of aromatic amines is 1. The molecule has 1 saturated heterocycles. The van der Waals surface area contributed by atoms with Crippen molar-refractivity contribution in [3.8, 4) is 0 Å². The maximum atomic E-state index is 9.60. The molecule has 0 radical (unpaired) electrons. The van der Waals surface area contributed by atoms with Crippen LogP contribution in [0.5, 0.6) is 0 Å². The van der Waals surface area contributed by atoms with Gasteiger partial charge in [-0.25, -0.2) is 0 Å². The van der Waals surface area contributed by atoms with E-state index in [1.54, 1.807) is 13.3 Å². The second kappa shape index (κ2) is 3.98. The Bertz CT molecular complexity index is 276. The Morgan fingerprint density at radius 1 is 1.71 bits per heavy atom. The van der Waals surface area contributed by atoms with Crippen molar-refractivity contribution < 1.29 is 9.84 Å². The van der Waals surface area contributed by atoms with Crippen LogP contribution in [0.2, 0.25) is 0 Å². The van der Waals surface area contributed by atoms with Crippen molar-refractivity contribution in [1.82, 2.24) is 10.2 Å². The Kier molecular flexibility index (Phi) is 2.69. The number of aromatic nitrogens is 2. The number of hydrogen-bond acceptors (Lipinski definition) is 4. The molecule has 5 heteroatoms. The van der Waals surface area contributed by atoms with E-state index < -0.39 is 0 Å². The minimum absolute atomic E-state index is 0.111. The summed E-state index contributed by atoms with van der Waals surface area (Å²) in [4.78, 5) is 2.11. The third kappa shape index (κ3) is 1.73. The maximum Gasteiger partial charge on any atom is 0.150 e. The summed E-state index contributed by atoms with van der Waals surface area (Å²) in [6.07, 6.45) is 2.06. The molecule has 0 aliphatic carbocycles. The first-order chi connectivity index (χ1) is 6.81. The van der Waals surface area contributed by atoms with E-state index in [4.69, 9.17) is 4.74 Å². The number of anilines is 1. The molecule has 2 rings (SSSR count). The minimum atomic E-state index is -0.352. The molecule has 1 aliphatic heterocycles. The van der Waals surface area contributed by atoms with Crippen LogP contribution >= 0.6 is 0 Å². The Morgan fingerprint density at radius 3 is 3.21 bits per heavy atom. The van der Waals surface area contributed by atoms with E-state index in [0.29, 0.717) is 6.54 Å². The molecule has 1 unspecified atom stereocenters. The number of methoxy groups -OCH3 is 1. The number of rotatable bonds is 2. The van der Waals surface area contributed by atoms with E-state index in [1.165, 1.54) is 0 Å². The van der Waals surface area contributed by atoms with E-state index >= 15 is 0 Å². The van der Waals surface area contributed by atoms with Crippen molar-refractivity contribution in [3.05, 3.63) is 12.3 Å². The number of aliphatic hydroxyl groups excluding tert-OH is 1. The van der Waals surface area contributed by atoms with Crippen molar-refractivity contribution >= 4 is 5.82 Å². The molecule has 78 valence electrons. The summed E-state index contributed by atoms with van der Waals surface area (Å²) < 4.78 is 5.20. The third-order valence-electron chi connectivity index (χ3n) is 2.64. The highest BCUT2D eigenvalue weighted by atomic mass is 16.5. The van der Waals surface area contributed by atoms with Crippen LogP contribution in [0.4, 0.5) is 5.82 Å². The molecule has 2 N–H and O–H groups in total. The van der Waals surface area contributed by atoms with Crippen LogP contribution in [0.25, 0.3) is 0 Å². The van der Waals surface area contributed by atoms with Gasteiger partial charge in [0.1, 0.15) is 11.9 Å².